The van der Waals surface area contributed by atoms with Crippen molar-refractivity contribution < 1.29 is 4.74 Å². The van der Waals surface area contributed by atoms with Crippen LogP contribution in [0, 0.1) is 17.2 Å². The van der Waals surface area contributed by atoms with E-state index in [0.29, 0.717) is 5.90 Å². The Morgan fingerprint density at radius 1 is 1.50 bits per heavy atom. The lowest BCUT2D eigenvalue weighted by atomic mass is 10.2. The number of hydrogen-bond donors (Lipinski definition) is 0. The second-order valence-electron chi connectivity index (χ2n) is 3.68. The van der Waals surface area contributed by atoms with E-state index in [2.05, 4.69) is 27.0 Å². The summed E-state index contributed by atoms with van der Waals surface area (Å²) < 4.78 is 6.27. The van der Waals surface area contributed by atoms with Gasteiger partial charge in [-0.25, -0.2) is 4.99 Å². The number of rotatable bonds is 2. The molecule has 82 valence electrons. The van der Waals surface area contributed by atoms with Crippen molar-refractivity contribution in [3.05, 3.63) is 34.3 Å². The maximum Gasteiger partial charge on any atom is 0.216 e. The van der Waals surface area contributed by atoms with Crippen LogP contribution in [0.1, 0.15) is 12.0 Å². The highest BCUT2D eigenvalue weighted by molar-refractivity contribution is 9.10. The van der Waals surface area contributed by atoms with Crippen LogP contribution in [0.4, 0.5) is 0 Å². The fraction of sp³-hybridized carbons (Fsp3) is 0.333. The van der Waals surface area contributed by atoms with Gasteiger partial charge in [-0.05, 0) is 30.7 Å². The molecule has 1 aliphatic carbocycles. The van der Waals surface area contributed by atoms with Crippen LogP contribution in [0.5, 0.6) is 0 Å². The molecular formula is C12H11BrN2O. The van der Waals surface area contributed by atoms with Crippen LogP contribution in [-0.4, -0.2) is 19.0 Å². The highest BCUT2D eigenvalue weighted by Gasteiger charge is 2.37. The molecule has 1 aliphatic rings. The average Bonchev–Trinajstić information content (AvgIpc) is 3.06. The molecule has 2 atom stereocenters. The van der Waals surface area contributed by atoms with Gasteiger partial charge >= 0.3 is 0 Å². The molecule has 3 nitrogen and oxygen atoms in total. The van der Waals surface area contributed by atoms with Crippen LogP contribution in [0.2, 0.25) is 0 Å². The van der Waals surface area contributed by atoms with Crippen LogP contribution in [0.15, 0.2) is 33.7 Å². The molecule has 0 heterocycles. The summed E-state index contributed by atoms with van der Waals surface area (Å²) in [5.41, 5.74) is 0.939. The number of hydrogen-bond acceptors (Lipinski definition) is 3. The lowest BCUT2D eigenvalue weighted by Crippen LogP contribution is -2.05. The van der Waals surface area contributed by atoms with E-state index in [1.54, 1.807) is 7.11 Å². The van der Waals surface area contributed by atoms with Crippen LogP contribution >= 0.6 is 15.9 Å². The Hall–Kier alpha value is -1.34. The molecule has 0 aromatic heterocycles. The molecule has 4 heteroatoms. The van der Waals surface area contributed by atoms with Crippen molar-refractivity contribution in [3.8, 4) is 6.07 Å². The van der Waals surface area contributed by atoms with Gasteiger partial charge < -0.3 is 4.74 Å². The number of nitriles is 1. The van der Waals surface area contributed by atoms with Crippen LogP contribution in [0.3, 0.4) is 0 Å². The van der Waals surface area contributed by atoms with Crippen molar-refractivity contribution in [3.63, 3.8) is 0 Å². The average molecular weight is 279 g/mol. The smallest absolute Gasteiger partial charge is 0.216 e. The van der Waals surface area contributed by atoms with Gasteiger partial charge in [0.05, 0.1) is 25.1 Å². The second-order valence-corrected chi connectivity index (χ2v) is 4.60. The molecule has 1 saturated carbocycles. The van der Waals surface area contributed by atoms with E-state index in [1.165, 1.54) is 0 Å². The summed E-state index contributed by atoms with van der Waals surface area (Å²) in [5, 5.41) is 8.70. The number of aliphatic imine (C=N–C) groups is 1. The fourth-order valence-corrected chi connectivity index (χ4v) is 1.72. The second kappa shape index (κ2) is 4.67. The molecule has 0 spiro atoms. The molecule has 0 N–H and O–H groups in total. The number of nitrogens with zero attached hydrogens (tertiary/aromatic N) is 2. The molecule has 0 saturated heterocycles. The van der Waals surface area contributed by atoms with Gasteiger partial charge in [0.2, 0.25) is 5.90 Å². The topological polar surface area (TPSA) is 45.4 Å². The van der Waals surface area contributed by atoms with Gasteiger partial charge in [-0.2, -0.15) is 5.26 Å². The minimum Gasteiger partial charge on any atom is -0.481 e. The van der Waals surface area contributed by atoms with Crippen molar-refractivity contribution in [1.29, 1.82) is 5.26 Å². The molecule has 0 radical (unpaired) electrons. The van der Waals surface area contributed by atoms with Crippen molar-refractivity contribution >= 4 is 21.8 Å². The Morgan fingerprint density at radius 2 is 2.19 bits per heavy atom. The van der Waals surface area contributed by atoms with E-state index in [1.807, 2.05) is 24.3 Å². The molecular weight excluding hydrogens is 268 g/mol. The highest BCUT2D eigenvalue weighted by Crippen LogP contribution is 2.33. The molecule has 1 aromatic carbocycles. The Labute approximate surface area is 103 Å². The van der Waals surface area contributed by atoms with Gasteiger partial charge in [0, 0.05) is 10.0 Å². The third-order valence-corrected chi connectivity index (χ3v) is 3.02. The standard InChI is InChI=1S/C12H11BrN2O/c1-16-12(15-11-6-9(11)7-14)8-2-4-10(13)5-3-8/h2-5,9,11H,6H2,1H3/t9-,11+/m1/s1. The minimum atomic E-state index is 0.0700. The zero-order valence-electron chi connectivity index (χ0n) is 8.85. The van der Waals surface area contributed by atoms with E-state index in [9.17, 15) is 0 Å². The third kappa shape index (κ3) is 2.42. The number of ether oxygens (including phenoxy) is 1. The quantitative estimate of drug-likeness (QED) is 0.617. The fourth-order valence-electron chi connectivity index (χ4n) is 1.45. The Kier molecular flexibility index (Phi) is 3.25. The largest absolute Gasteiger partial charge is 0.481 e. The van der Waals surface area contributed by atoms with Crippen LogP contribution < -0.4 is 0 Å². The third-order valence-electron chi connectivity index (χ3n) is 2.49. The number of benzene rings is 1. The Bertz CT molecular complexity index is 447. The monoisotopic (exact) mass is 278 g/mol. The predicted octanol–water partition coefficient (Wildman–Crippen LogP) is 2.75. The van der Waals surface area contributed by atoms with Crippen molar-refractivity contribution in [1.82, 2.24) is 0 Å². The maximum atomic E-state index is 8.70. The molecule has 0 unspecified atom stereocenters. The number of halogens is 1. The normalized spacial score (nSPS) is 23.7. The predicted molar refractivity (Wildman–Crippen MR) is 65.2 cm³/mol. The molecule has 2 rings (SSSR count). The first-order valence-corrected chi connectivity index (χ1v) is 5.81. The first-order valence-electron chi connectivity index (χ1n) is 5.02. The van der Waals surface area contributed by atoms with Gasteiger partial charge in [0.25, 0.3) is 0 Å². The van der Waals surface area contributed by atoms with Crippen molar-refractivity contribution in [2.45, 2.75) is 12.5 Å². The van der Waals surface area contributed by atoms with E-state index in [4.69, 9.17) is 10.00 Å². The van der Waals surface area contributed by atoms with Crippen molar-refractivity contribution in [2.24, 2.45) is 10.9 Å². The van der Waals surface area contributed by atoms with E-state index in [0.717, 1.165) is 16.5 Å². The van der Waals surface area contributed by atoms with E-state index >= 15 is 0 Å². The summed E-state index contributed by atoms with van der Waals surface area (Å²) in [6.07, 6.45) is 0.847. The molecule has 16 heavy (non-hydrogen) atoms. The Morgan fingerprint density at radius 3 is 2.69 bits per heavy atom. The van der Waals surface area contributed by atoms with E-state index in [-0.39, 0.29) is 12.0 Å². The molecule has 1 fully saturated rings. The first-order chi connectivity index (χ1) is 7.74. The summed E-state index contributed by atoms with van der Waals surface area (Å²) in [6.45, 7) is 0. The lowest BCUT2D eigenvalue weighted by Gasteiger charge is -2.04. The van der Waals surface area contributed by atoms with E-state index < -0.39 is 0 Å². The Balaban J connectivity index is 2.17. The van der Waals surface area contributed by atoms with Gasteiger partial charge in [-0.3, -0.25) is 0 Å². The SMILES string of the molecule is COC(=N[C@H]1C[C@@H]1C#N)c1ccc(Br)cc1. The molecule has 0 bridgehead atoms. The van der Waals surface area contributed by atoms with Crippen molar-refractivity contribution in [2.75, 3.05) is 7.11 Å². The van der Waals surface area contributed by atoms with Crippen LogP contribution in [-0.2, 0) is 4.74 Å². The lowest BCUT2D eigenvalue weighted by molar-refractivity contribution is 0.402. The summed E-state index contributed by atoms with van der Waals surface area (Å²) in [6, 6.07) is 10.1. The summed E-state index contributed by atoms with van der Waals surface area (Å²) >= 11 is 3.38. The molecule has 0 aliphatic heterocycles. The first kappa shape index (κ1) is 11.2. The van der Waals surface area contributed by atoms with Gasteiger partial charge in [-0.1, -0.05) is 15.9 Å². The highest BCUT2D eigenvalue weighted by atomic mass is 79.9. The maximum absolute atomic E-state index is 8.70. The van der Waals surface area contributed by atoms with Gasteiger partial charge in [-0.15, -0.1) is 0 Å². The summed E-state index contributed by atoms with van der Waals surface area (Å²) in [5.74, 6) is 0.677. The van der Waals surface area contributed by atoms with Crippen LogP contribution in [0.25, 0.3) is 0 Å². The summed E-state index contributed by atoms with van der Waals surface area (Å²) in [4.78, 5) is 4.42. The molecule has 1 aromatic rings. The van der Waals surface area contributed by atoms with Gasteiger partial charge in [0.1, 0.15) is 0 Å². The zero-order valence-corrected chi connectivity index (χ0v) is 10.4. The zero-order chi connectivity index (χ0) is 11.5. The summed E-state index contributed by atoms with van der Waals surface area (Å²) in [7, 11) is 1.60. The van der Waals surface area contributed by atoms with Gasteiger partial charge in [0.15, 0.2) is 0 Å². The molecule has 0 amide bonds. The minimum absolute atomic E-state index is 0.0700. The number of methoxy groups -OCH3 is 1.